The molecule has 0 aromatic carbocycles. The number of alkyl halides is 1. The highest BCUT2D eigenvalue weighted by atomic mass is 19.1. The van der Waals surface area contributed by atoms with E-state index in [9.17, 15) is 4.39 Å². The Bertz CT molecular complexity index is 144. The number of rotatable bonds is 1. The molecular formula is C9H15F. The van der Waals surface area contributed by atoms with Crippen LogP contribution in [0.4, 0.5) is 4.39 Å². The normalized spacial score (nSPS) is 52.2. The van der Waals surface area contributed by atoms with Gasteiger partial charge in [-0.15, -0.1) is 0 Å². The minimum absolute atomic E-state index is 0.433. The molecule has 2 rings (SSSR count). The fourth-order valence-electron chi connectivity index (χ4n) is 2.81. The third kappa shape index (κ3) is 0.724. The molecule has 10 heavy (non-hydrogen) atoms. The lowest BCUT2D eigenvalue weighted by Gasteiger charge is -2.28. The van der Waals surface area contributed by atoms with Gasteiger partial charge in [-0.05, 0) is 43.9 Å². The quantitative estimate of drug-likeness (QED) is 0.528. The number of fused-ring (bicyclic) bond motifs is 2. The first-order chi connectivity index (χ1) is 4.74. The molecule has 58 valence electrons. The molecule has 0 spiro atoms. The summed E-state index contributed by atoms with van der Waals surface area (Å²) in [6.07, 6.45) is 5.26. The van der Waals surface area contributed by atoms with Crippen molar-refractivity contribution in [1.82, 2.24) is 0 Å². The van der Waals surface area contributed by atoms with Crippen LogP contribution < -0.4 is 0 Å². The van der Waals surface area contributed by atoms with Crippen LogP contribution in [0, 0.1) is 11.8 Å². The zero-order chi connectivity index (χ0) is 7.19. The van der Waals surface area contributed by atoms with Gasteiger partial charge < -0.3 is 0 Å². The molecule has 2 fully saturated rings. The Labute approximate surface area is 61.8 Å². The topological polar surface area (TPSA) is 0 Å². The van der Waals surface area contributed by atoms with Gasteiger partial charge in [0, 0.05) is 0 Å². The first-order valence-electron chi connectivity index (χ1n) is 4.43. The molecular weight excluding hydrogens is 127 g/mol. The lowest BCUT2D eigenvalue weighted by Crippen LogP contribution is -2.28. The molecule has 2 aliphatic rings. The summed E-state index contributed by atoms with van der Waals surface area (Å²) in [6, 6.07) is 0. The molecule has 0 N–H and O–H groups in total. The lowest BCUT2D eigenvalue weighted by atomic mass is 9.84. The molecule has 0 nitrogen and oxygen atoms in total. The predicted octanol–water partition coefficient (Wildman–Crippen LogP) is 2.92. The molecule has 2 aliphatic carbocycles. The van der Waals surface area contributed by atoms with Crippen molar-refractivity contribution in [3.05, 3.63) is 0 Å². The summed E-state index contributed by atoms with van der Waals surface area (Å²) >= 11 is 0. The zero-order valence-corrected chi connectivity index (χ0v) is 6.57. The molecule has 2 saturated carbocycles. The third-order valence-electron chi connectivity index (χ3n) is 3.49. The smallest absolute Gasteiger partial charge is 0.113 e. The van der Waals surface area contributed by atoms with Crippen LogP contribution in [0.5, 0.6) is 0 Å². The van der Waals surface area contributed by atoms with E-state index in [1.807, 2.05) is 6.92 Å². The number of hydrogen-bond donors (Lipinski definition) is 0. The first-order valence-corrected chi connectivity index (χ1v) is 4.43. The molecule has 3 atom stereocenters. The highest BCUT2D eigenvalue weighted by Gasteiger charge is 2.50. The Kier molecular flexibility index (Phi) is 1.30. The van der Waals surface area contributed by atoms with Crippen molar-refractivity contribution in [2.24, 2.45) is 11.8 Å². The predicted molar refractivity (Wildman–Crippen MR) is 39.6 cm³/mol. The standard InChI is InChI=1S/C9H15F/c1-2-9(10)6-7-3-4-8(9)5-7/h7-8H,2-6H2,1H3. The average Bonchev–Trinajstić information content (AvgIpc) is 2.46. The van der Waals surface area contributed by atoms with E-state index < -0.39 is 5.67 Å². The van der Waals surface area contributed by atoms with Crippen LogP contribution in [0.3, 0.4) is 0 Å². The molecule has 0 aliphatic heterocycles. The van der Waals surface area contributed by atoms with E-state index in [0.717, 1.165) is 25.2 Å². The van der Waals surface area contributed by atoms with Crippen molar-refractivity contribution in [2.45, 2.75) is 44.7 Å². The van der Waals surface area contributed by atoms with Gasteiger partial charge in [0.1, 0.15) is 5.67 Å². The van der Waals surface area contributed by atoms with Crippen LogP contribution in [-0.2, 0) is 0 Å². The maximum absolute atomic E-state index is 13.7. The van der Waals surface area contributed by atoms with Crippen molar-refractivity contribution in [2.75, 3.05) is 0 Å². The van der Waals surface area contributed by atoms with Gasteiger partial charge in [-0.25, -0.2) is 4.39 Å². The van der Waals surface area contributed by atoms with E-state index in [2.05, 4.69) is 0 Å². The monoisotopic (exact) mass is 142 g/mol. The highest BCUT2D eigenvalue weighted by Crippen LogP contribution is 2.54. The van der Waals surface area contributed by atoms with Gasteiger partial charge in [-0.3, -0.25) is 0 Å². The molecule has 1 heteroatoms. The van der Waals surface area contributed by atoms with E-state index in [4.69, 9.17) is 0 Å². The van der Waals surface area contributed by atoms with Crippen molar-refractivity contribution < 1.29 is 4.39 Å². The summed E-state index contributed by atoms with van der Waals surface area (Å²) in [6.45, 7) is 1.99. The molecule has 0 amide bonds. The summed E-state index contributed by atoms with van der Waals surface area (Å²) in [5.41, 5.74) is -0.747. The second-order valence-corrected chi connectivity index (χ2v) is 3.97. The van der Waals surface area contributed by atoms with Crippen molar-refractivity contribution in [1.29, 1.82) is 0 Å². The van der Waals surface area contributed by atoms with Gasteiger partial charge in [0.25, 0.3) is 0 Å². The second kappa shape index (κ2) is 1.96. The first kappa shape index (κ1) is 6.63. The molecule has 0 heterocycles. The van der Waals surface area contributed by atoms with Gasteiger partial charge in [-0.2, -0.15) is 0 Å². The van der Waals surface area contributed by atoms with Gasteiger partial charge >= 0.3 is 0 Å². The summed E-state index contributed by atoms with van der Waals surface area (Å²) < 4.78 is 13.7. The zero-order valence-electron chi connectivity index (χ0n) is 6.57. The summed E-state index contributed by atoms with van der Waals surface area (Å²) in [7, 11) is 0. The van der Waals surface area contributed by atoms with Crippen LogP contribution in [-0.4, -0.2) is 5.67 Å². The largest absolute Gasteiger partial charge is 0.244 e. The van der Waals surface area contributed by atoms with E-state index in [0.29, 0.717) is 5.92 Å². The Morgan fingerprint density at radius 1 is 1.50 bits per heavy atom. The van der Waals surface area contributed by atoms with E-state index in [1.54, 1.807) is 0 Å². The fraction of sp³-hybridized carbons (Fsp3) is 1.00. The van der Waals surface area contributed by atoms with E-state index in [1.165, 1.54) is 12.8 Å². The van der Waals surface area contributed by atoms with Crippen LogP contribution in [0.25, 0.3) is 0 Å². The molecule has 0 radical (unpaired) electrons. The Hall–Kier alpha value is -0.0700. The van der Waals surface area contributed by atoms with E-state index >= 15 is 0 Å². The second-order valence-electron chi connectivity index (χ2n) is 3.97. The molecule has 0 saturated heterocycles. The average molecular weight is 142 g/mol. The Balaban J connectivity index is 2.14. The Morgan fingerprint density at radius 3 is 2.60 bits per heavy atom. The van der Waals surface area contributed by atoms with E-state index in [-0.39, 0.29) is 0 Å². The van der Waals surface area contributed by atoms with Gasteiger partial charge in [0.05, 0.1) is 0 Å². The highest BCUT2D eigenvalue weighted by molar-refractivity contribution is 5.00. The maximum atomic E-state index is 13.7. The van der Waals surface area contributed by atoms with Crippen LogP contribution in [0.2, 0.25) is 0 Å². The van der Waals surface area contributed by atoms with Crippen LogP contribution in [0.15, 0.2) is 0 Å². The molecule has 0 aromatic heterocycles. The SMILES string of the molecule is CCC1(F)CC2CCC1C2. The lowest BCUT2D eigenvalue weighted by molar-refractivity contribution is 0.0822. The summed E-state index contributed by atoms with van der Waals surface area (Å²) in [5.74, 6) is 1.18. The number of hydrogen-bond acceptors (Lipinski definition) is 0. The van der Waals surface area contributed by atoms with Gasteiger partial charge in [-0.1, -0.05) is 6.92 Å². The summed E-state index contributed by atoms with van der Waals surface area (Å²) in [5, 5.41) is 0. The van der Waals surface area contributed by atoms with Crippen molar-refractivity contribution >= 4 is 0 Å². The molecule has 2 bridgehead atoms. The Morgan fingerprint density at radius 2 is 2.30 bits per heavy atom. The van der Waals surface area contributed by atoms with Crippen LogP contribution in [0.1, 0.15) is 39.0 Å². The number of halogens is 1. The van der Waals surface area contributed by atoms with Gasteiger partial charge in [0.15, 0.2) is 0 Å². The molecule has 0 aromatic rings. The summed E-state index contributed by atoms with van der Waals surface area (Å²) in [4.78, 5) is 0. The minimum atomic E-state index is -0.747. The van der Waals surface area contributed by atoms with Gasteiger partial charge in [0.2, 0.25) is 0 Å². The molecule has 3 unspecified atom stereocenters. The third-order valence-corrected chi connectivity index (χ3v) is 3.49. The van der Waals surface area contributed by atoms with Crippen molar-refractivity contribution in [3.63, 3.8) is 0 Å². The minimum Gasteiger partial charge on any atom is -0.244 e. The fourth-order valence-corrected chi connectivity index (χ4v) is 2.81. The van der Waals surface area contributed by atoms with Crippen molar-refractivity contribution in [3.8, 4) is 0 Å². The maximum Gasteiger partial charge on any atom is 0.113 e. The van der Waals surface area contributed by atoms with Crippen LogP contribution >= 0.6 is 0 Å².